The van der Waals surface area contributed by atoms with Gasteiger partial charge < -0.3 is 14.8 Å². The zero-order valence-electron chi connectivity index (χ0n) is 15.0. The molecule has 0 aliphatic carbocycles. The molecule has 0 bridgehead atoms. The lowest BCUT2D eigenvalue weighted by atomic mass is 10.4. The summed E-state index contributed by atoms with van der Waals surface area (Å²) in [5.74, 6) is -0.577. The molecule has 2 amide bonds. The number of amides is 2. The number of rotatable bonds is 7. The third-order valence-electron chi connectivity index (χ3n) is 4.41. The first-order valence-electron chi connectivity index (χ1n) is 8.53. The smallest absolute Gasteiger partial charge is 0.268 e. The van der Waals surface area contributed by atoms with E-state index in [1.807, 2.05) is 0 Å². The van der Waals surface area contributed by atoms with Crippen molar-refractivity contribution in [2.45, 2.75) is 31.6 Å². The molecule has 140 valence electrons. The maximum absolute atomic E-state index is 12.5. The first-order chi connectivity index (χ1) is 11.8. The van der Waals surface area contributed by atoms with Crippen molar-refractivity contribution >= 4 is 21.8 Å². The molecule has 1 aliphatic rings. The van der Waals surface area contributed by atoms with Gasteiger partial charge in [-0.05, 0) is 18.9 Å². The zero-order valence-corrected chi connectivity index (χ0v) is 15.8. The quantitative estimate of drug-likeness (QED) is 0.752. The van der Waals surface area contributed by atoms with E-state index in [0.29, 0.717) is 13.1 Å². The van der Waals surface area contributed by atoms with E-state index in [0.717, 1.165) is 25.9 Å². The molecule has 2 rings (SSSR count). The maximum Gasteiger partial charge on any atom is 0.268 e. The van der Waals surface area contributed by atoms with Gasteiger partial charge in [-0.1, -0.05) is 13.8 Å². The number of likely N-dealkylation sites (tertiary alicyclic amines) is 1. The largest absolute Gasteiger partial charge is 0.345 e. The Kier molecular flexibility index (Phi) is 6.23. The number of carbonyl (C=O) groups excluding carboxylic acids is 2. The van der Waals surface area contributed by atoms with Crippen LogP contribution < -0.4 is 5.32 Å². The Morgan fingerprint density at radius 2 is 1.80 bits per heavy atom. The van der Waals surface area contributed by atoms with Crippen molar-refractivity contribution in [3.05, 3.63) is 18.0 Å². The van der Waals surface area contributed by atoms with Crippen molar-refractivity contribution in [2.24, 2.45) is 7.05 Å². The van der Waals surface area contributed by atoms with Crippen LogP contribution in [0, 0.1) is 0 Å². The molecule has 0 spiro atoms. The molecule has 0 atom stereocenters. The molecule has 9 heteroatoms. The van der Waals surface area contributed by atoms with E-state index in [9.17, 15) is 18.0 Å². The molecule has 0 saturated carbocycles. The number of carbonyl (C=O) groups is 2. The van der Waals surface area contributed by atoms with Crippen molar-refractivity contribution in [3.63, 3.8) is 0 Å². The van der Waals surface area contributed by atoms with Crippen LogP contribution in [-0.2, 0) is 21.9 Å². The van der Waals surface area contributed by atoms with Crippen molar-refractivity contribution < 1.29 is 18.0 Å². The Hall–Kier alpha value is -1.87. The lowest BCUT2D eigenvalue weighted by molar-refractivity contribution is -0.129. The minimum absolute atomic E-state index is 0.0784. The summed E-state index contributed by atoms with van der Waals surface area (Å²) in [6, 6.07) is 1.35. The monoisotopic (exact) mass is 370 g/mol. The van der Waals surface area contributed by atoms with E-state index in [4.69, 9.17) is 0 Å². The lowest BCUT2D eigenvalue weighted by Gasteiger charge is -2.17. The molecule has 1 aromatic rings. The summed E-state index contributed by atoms with van der Waals surface area (Å²) < 4.78 is 27.9. The first kappa shape index (κ1) is 19.5. The molecule has 1 saturated heterocycles. The van der Waals surface area contributed by atoms with Crippen LogP contribution in [0.1, 0.15) is 37.2 Å². The van der Waals surface area contributed by atoms with E-state index in [1.54, 1.807) is 25.8 Å². The number of sulfonamides is 1. The van der Waals surface area contributed by atoms with Crippen LogP contribution in [-0.4, -0.2) is 66.7 Å². The molecule has 1 N–H and O–H groups in total. The van der Waals surface area contributed by atoms with Crippen LogP contribution in [0.3, 0.4) is 0 Å². The highest BCUT2D eigenvalue weighted by Crippen LogP contribution is 2.18. The van der Waals surface area contributed by atoms with Crippen molar-refractivity contribution in [1.29, 1.82) is 0 Å². The molecule has 25 heavy (non-hydrogen) atoms. The average Bonchev–Trinajstić information content (AvgIpc) is 3.23. The van der Waals surface area contributed by atoms with Crippen LogP contribution >= 0.6 is 0 Å². The highest BCUT2D eigenvalue weighted by atomic mass is 32.2. The average molecular weight is 370 g/mol. The minimum atomic E-state index is -3.62. The van der Waals surface area contributed by atoms with E-state index >= 15 is 0 Å². The molecule has 1 aliphatic heterocycles. The van der Waals surface area contributed by atoms with Crippen molar-refractivity contribution in [2.75, 3.05) is 32.7 Å². The summed E-state index contributed by atoms with van der Waals surface area (Å²) in [4.78, 5) is 26.1. The van der Waals surface area contributed by atoms with E-state index in [-0.39, 0.29) is 23.0 Å². The number of nitrogens with one attached hydrogen (secondary N) is 1. The number of aromatic nitrogens is 1. The second-order valence-electron chi connectivity index (χ2n) is 6.03. The maximum atomic E-state index is 12.5. The van der Waals surface area contributed by atoms with Gasteiger partial charge in [0.2, 0.25) is 15.9 Å². The molecular weight excluding hydrogens is 344 g/mol. The second kappa shape index (κ2) is 8.01. The Morgan fingerprint density at radius 3 is 2.36 bits per heavy atom. The Balaban J connectivity index is 2.08. The van der Waals surface area contributed by atoms with Gasteiger partial charge in [-0.15, -0.1) is 0 Å². The summed E-state index contributed by atoms with van der Waals surface area (Å²) in [6.07, 6.45) is 3.40. The molecule has 0 aromatic carbocycles. The fraction of sp³-hybridized carbons (Fsp3) is 0.625. The lowest BCUT2D eigenvalue weighted by Crippen LogP contribution is -2.39. The van der Waals surface area contributed by atoms with Gasteiger partial charge >= 0.3 is 0 Å². The highest BCUT2D eigenvalue weighted by molar-refractivity contribution is 7.89. The van der Waals surface area contributed by atoms with Gasteiger partial charge in [-0.25, -0.2) is 8.42 Å². The third-order valence-corrected chi connectivity index (χ3v) is 6.43. The summed E-state index contributed by atoms with van der Waals surface area (Å²) in [5, 5.41) is 2.58. The fourth-order valence-electron chi connectivity index (χ4n) is 2.94. The van der Waals surface area contributed by atoms with Gasteiger partial charge in [0.05, 0.1) is 6.54 Å². The van der Waals surface area contributed by atoms with Crippen LogP contribution in [0.15, 0.2) is 17.2 Å². The van der Waals surface area contributed by atoms with Crippen LogP contribution in [0.5, 0.6) is 0 Å². The molecule has 0 radical (unpaired) electrons. The molecule has 8 nitrogen and oxygen atoms in total. The van der Waals surface area contributed by atoms with Gasteiger partial charge in [-0.3, -0.25) is 9.59 Å². The second-order valence-corrected chi connectivity index (χ2v) is 7.97. The summed E-state index contributed by atoms with van der Waals surface area (Å²) in [5.41, 5.74) is 0.208. The van der Waals surface area contributed by atoms with Crippen LogP contribution in [0.4, 0.5) is 0 Å². The van der Waals surface area contributed by atoms with E-state index in [2.05, 4.69) is 5.32 Å². The summed E-state index contributed by atoms with van der Waals surface area (Å²) in [7, 11) is -2.01. The predicted octanol–water partition coefficient (Wildman–Crippen LogP) is 0.408. The standard InChI is InChI=1S/C16H26N4O4S/c1-4-20(5-2)25(23,24)13-10-14(18(3)12-13)16(22)17-11-15(21)19-8-6-7-9-19/h10,12H,4-9,11H2,1-3H3,(H,17,22). The molecule has 1 aromatic heterocycles. The fourth-order valence-corrected chi connectivity index (χ4v) is 4.47. The van der Waals surface area contributed by atoms with E-state index < -0.39 is 15.9 Å². The molecular formula is C16H26N4O4S. The van der Waals surface area contributed by atoms with Crippen molar-refractivity contribution in [1.82, 2.24) is 19.1 Å². The Bertz CT molecular complexity index is 731. The number of aryl methyl sites for hydroxylation is 1. The number of nitrogens with zero attached hydrogens (tertiary/aromatic N) is 3. The van der Waals surface area contributed by atoms with Gasteiger partial charge in [0.25, 0.3) is 5.91 Å². The Morgan fingerprint density at radius 1 is 1.20 bits per heavy atom. The van der Waals surface area contributed by atoms with Gasteiger partial charge in [0.15, 0.2) is 0 Å². The highest BCUT2D eigenvalue weighted by Gasteiger charge is 2.26. The normalized spacial score (nSPS) is 15.0. The molecule has 2 heterocycles. The number of hydrogen-bond donors (Lipinski definition) is 1. The van der Waals surface area contributed by atoms with Gasteiger partial charge in [-0.2, -0.15) is 4.31 Å². The minimum Gasteiger partial charge on any atom is -0.345 e. The Labute approximate surface area is 148 Å². The molecule has 0 unspecified atom stereocenters. The van der Waals surface area contributed by atoms with Gasteiger partial charge in [0.1, 0.15) is 10.6 Å². The van der Waals surface area contributed by atoms with Gasteiger partial charge in [0, 0.05) is 39.4 Å². The van der Waals surface area contributed by atoms with Crippen molar-refractivity contribution in [3.8, 4) is 0 Å². The third kappa shape index (κ3) is 4.21. The number of hydrogen-bond acceptors (Lipinski definition) is 4. The topological polar surface area (TPSA) is 91.7 Å². The SMILES string of the molecule is CCN(CC)S(=O)(=O)c1cc(C(=O)NCC(=O)N2CCCC2)n(C)c1. The van der Waals surface area contributed by atoms with E-state index in [1.165, 1.54) is 21.1 Å². The van der Waals surface area contributed by atoms with Crippen LogP contribution in [0.25, 0.3) is 0 Å². The van der Waals surface area contributed by atoms with Crippen LogP contribution in [0.2, 0.25) is 0 Å². The predicted molar refractivity (Wildman–Crippen MR) is 93.7 cm³/mol. The first-order valence-corrected chi connectivity index (χ1v) is 9.97. The summed E-state index contributed by atoms with van der Waals surface area (Å²) >= 11 is 0. The zero-order chi connectivity index (χ0) is 18.6. The summed E-state index contributed by atoms with van der Waals surface area (Å²) in [6.45, 7) is 5.63. The molecule has 1 fully saturated rings.